The van der Waals surface area contributed by atoms with E-state index in [0.717, 1.165) is 18.2 Å². The SMILES string of the molecule is NCCC(=O)OCCc1cc(F)ccc1F. The Morgan fingerprint density at radius 3 is 2.81 bits per heavy atom. The molecule has 0 saturated carbocycles. The molecule has 0 heterocycles. The Hall–Kier alpha value is -1.49. The third kappa shape index (κ3) is 3.94. The summed E-state index contributed by atoms with van der Waals surface area (Å²) in [6, 6.07) is 3.18. The van der Waals surface area contributed by atoms with Gasteiger partial charge in [0, 0.05) is 13.0 Å². The molecule has 16 heavy (non-hydrogen) atoms. The molecule has 0 bridgehead atoms. The first-order valence-electron chi connectivity index (χ1n) is 4.93. The van der Waals surface area contributed by atoms with E-state index in [4.69, 9.17) is 10.5 Å². The molecule has 1 aromatic carbocycles. The Kier molecular flexibility index (Phi) is 4.85. The highest BCUT2D eigenvalue weighted by atomic mass is 19.1. The van der Waals surface area contributed by atoms with Gasteiger partial charge in [-0.3, -0.25) is 4.79 Å². The van der Waals surface area contributed by atoms with Gasteiger partial charge >= 0.3 is 5.97 Å². The van der Waals surface area contributed by atoms with Crippen LogP contribution < -0.4 is 5.73 Å². The summed E-state index contributed by atoms with van der Waals surface area (Å²) >= 11 is 0. The van der Waals surface area contributed by atoms with Crippen LogP contribution in [0.3, 0.4) is 0 Å². The number of ether oxygens (including phenoxy) is 1. The van der Waals surface area contributed by atoms with E-state index < -0.39 is 17.6 Å². The van der Waals surface area contributed by atoms with Crippen molar-refractivity contribution in [2.24, 2.45) is 5.73 Å². The summed E-state index contributed by atoms with van der Waals surface area (Å²) in [4.78, 5) is 10.9. The fraction of sp³-hybridized carbons (Fsp3) is 0.364. The van der Waals surface area contributed by atoms with E-state index in [0.29, 0.717) is 0 Å². The minimum atomic E-state index is -0.510. The molecule has 0 amide bonds. The van der Waals surface area contributed by atoms with E-state index in [1.165, 1.54) is 0 Å². The van der Waals surface area contributed by atoms with Crippen molar-refractivity contribution in [2.75, 3.05) is 13.2 Å². The Morgan fingerprint density at radius 1 is 1.38 bits per heavy atom. The third-order valence-corrected chi connectivity index (χ3v) is 1.99. The number of rotatable bonds is 5. The van der Waals surface area contributed by atoms with Gasteiger partial charge in [-0.05, 0) is 23.8 Å². The molecule has 0 aliphatic rings. The minimum Gasteiger partial charge on any atom is -0.465 e. The van der Waals surface area contributed by atoms with Crippen LogP contribution in [0.5, 0.6) is 0 Å². The number of hydrogen-bond acceptors (Lipinski definition) is 3. The monoisotopic (exact) mass is 229 g/mol. The summed E-state index contributed by atoms with van der Waals surface area (Å²) in [5, 5.41) is 0. The van der Waals surface area contributed by atoms with Gasteiger partial charge in [0.1, 0.15) is 11.6 Å². The topological polar surface area (TPSA) is 52.3 Å². The highest BCUT2D eigenvalue weighted by molar-refractivity contribution is 5.69. The predicted molar refractivity (Wildman–Crippen MR) is 54.7 cm³/mol. The van der Waals surface area contributed by atoms with Crippen LogP contribution in [0.4, 0.5) is 8.78 Å². The van der Waals surface area contributed by atoms with E-state index >= 15 is 0 Å². The molecule has 1 aromatic rings. The Morgan fingerprint density at radius 2 is 2.12 bits per heavy atom. The molecular formula is C11H13F2NO2. The summed E-state index contributed by atoms with van der Waals surface area (Å²) in [5.41, 5.74) is 5.34. The zero-order valence-corrected chi connectivity index (χ0v) is 8.71. The van der Waals surface area contributed by atoms with Crippen LogP contribution in [0.25, 0.3) is 0 Å². The van der Waals surface area contributed by atoms with Crippen molar-refractivity contribution in [1.82, 2.24) is 0 Å². The largest absolute Gasteiger partial charge is 0.465 e. The van der Waals surface area contributed by atoms with E-state index in [1.807, 2.05) is 0 Å². The van der Waals surface area contributed by atoms with Crippen LogP contribution in [0, 0.1) is 11.6 Å². The van der Waals surface area contributed by atoms with Crippen molar-refractivity contribution < 1.29 is 18.3 Å². The number of hydrogen-bond donors (Lipinski definition) is 1. The van der Waals surface area contributed by atoms with Gasteiger partial charge in [0.05, 0.1) is 13.0 Å². The van der Waals surface area contributed by atoms with Crippen LogP contribution in [-0.2, 0) is 16.0 Å². The fourth-order valence-electron chi connectivity index (χ4n) is 1.20. The lowest BCUT2D eigenvalue weighted by Crippen LogP contribution is -2.13. The standard InChI is InChI=1S/C11H13F2NO2/c12-9-1-2-10(13)8(7-9)4-6-16-11(15)3-5-14/h1-2,7H,3-6,14H2. The van der Waals surface area contributed by atoms with Crippen LogP contribution in [0.15, 0.2) is 18.2 Å². The molecule has 0 aromatic heterocycles. The fourth-order valence-corrected chi connectivity index (χ4v) is 1.20. The first kappa shape index (κ1) is 12.6. The van der Waals surface area contributed by atoms with E-state index in [1.54, 1.807) is 0 Å². The Labute approximate surface area is 92.2 Å². The average molecular weight is 229 g/mol. The van der Waals surface area contributed by atoms with Crippen LogP contribution in [-0.4, -0.2) is 19.1 Å². The van der Waals surface area contributed by atoms with Gasteiger partial charge in [0.15, 0.2) is 0 Å². The number of esters is 1. The number of benzene rings is 1. The van der Waals surface area contributed by atoms with Gasteiger partial charge in [-0.1, -0.05) is 0 Å². The zero-order valence-electron chi connectivity index (χ0n) is 8.71. The molecule has 0 fully saturated rings. The molecule has 0 spiro atoms. The lowest BCUT2D eigenvalue weighted by molar-refractivity contribution is -0.143. The van der Waals surface area contributed by atoms with Crippen molar-refractivity contribution in [1.29, 1.82) is 0 Å². The van der Waals surface area contributed by atoms with Gasteiger partial charge in [-0.15, -0.1) is 0 Å². The molecule has 5 heteroatoms. The van der Waals surface area contributed by atoms with Crippen molar-refractivity contribution >= 4 is 5.97 Å². The number of carbonyl (C=O) groups is 1. The molecule has 0 unspecified atom stereocenters. The molecule has 0 saturated heterocycles. The highest BCUT2D eigenvalue weighted by Gasteiger charge is 2.05. The van der Waals surface area contributed by atoms with Crippen LogP contribution in [0.2, 0.25) is 0 Å². The molecule has 0 aliphatic heterocycles. The summed E-state index contributed by atoms with van der Waals surface area (Å²) in [7, 11) is 0. The van der Waals surface area contributed by atoms with Gasteiger partial charge in [0.2, 0.25) is 0 Å². The molecule has 0 atom stereocenters. The first-order chi connectivity index (χ1) is 7.63. The summed E-state index contributed by atoms with van der Waals surface area (Å²) in [6.07, 6.45) is 0.283. The highest BCUT2D eigenvalue weighted by Crippen LogP contribution is 2.10. The van der Waals surface area contributed by atoms with Crippen molar-refractivity contribution in [2.45, 2.75) is 12.8 Å². The van der Waals surface area contributed by atoms with Crippen molar-refractivity contribution in [3.8, 4) is 0 Å². The molecule has 88 valence electrons. The lowest BCUT2D eigenvalue weighted by atomic mass is 10.1. The second-order valence-electron chi connectivity index (χ2n) is 3.24. The molecular weight excluding hydrogens is 216 g/mol. The molecule has 2 N–H and O–H groups in total. The zero-order chi connectivity index (χ0) is 12.0. The number of halogens is 2. The quantitative estimate of drug-likeness (QED) is 0.776. The van der Waals surface area contributed by atoms with Gasteiger partial charge in [-0.2, -0.15) is 0 Å². The minimum absolute atomic E-state index is 0.0270. The first-order valence-corrected chi connectivity index (χ1v) is 4.93. The van der Waals surface area contributed by atoms with E-state index in [2.05, 4.69) is 0 Å². The van der Waals surface area contributed by atoms with Crippen molar-refractivity contribution in [3.63, 3.8) is 0 Å². The van der Waals surface area contributed by atoms with Gasteiger partial charge in [0.25, 0.3) is 0 Å². The van der Waals surface area contributed by atoms with Crippen LogP contribution >= 0.6 is 0 Å². The summed E-state index contributed by atoms with van der Waals surface area (Å²) in [5.74, 6) is -1.44. The summed E-state index contributed by atoms with van der Waals surface area (Å²) < 4.78 is 30.7. The molecule has 1 rings (SSSR count). The second-order valence-corrected chi connectivity index (χ2v) is 3.24. The van der Waals surface area contributed by atoms with Crippen molar-refractivity contribution in [3.05, 3.63) is 35.4 Å². The maximum atomic E-state index is 13.1. The maximum absolute atomic E-state index is 13.1. The van der Waals surface area contributed by atoms with Gasteiger partial charge in [-0.25, -0.2) is 8.78 Å². The molecule has 0 aliphatic carbocycles. The van der Waals surface area contributed by atoms with Crippen LogP contribution in [0.1, 0.15) is 12.0 Å². The van der Waals surface area contributed by atoms with E-state index in [9.17, 15) is 13.6 Å². The average Bonchev–Trinajstić information content (AvgIpc) is 2.23. The number of carbonyl (C=O) groups excluding carboxylic acids is 1. The Balaban J connectivity index is 2.42. The number of nitrogens with two attached hydrogens (primary N) is 1. The Bertz CT molecular complexity index is 369. The second kappa shape index (κ2) is 6.17. The lowest BCUT2D eigenvalue weighted by Gasteiger charge is -2.05. The normalized spacial score (nSPS) is 10.2. The van der Waals surface area contributed by atoms with Gasteiger partial charge < -0.3 is 10.5 Å². The molecule has 0 radical (unpaired) electrons. The summed E-state index contributed by atoms with van der Waals surface area (Å²) in [6.45, 7) is 0.242. The molecule has 3 nitrogen and oxygen atoms in total. The maximum Gasteiger partial charge on any atom is 0.307 e. The predicted octanol–water partition coefficient (Wildman–Crippen LogP) is 1.40. The third-order valence-electron chi connectivity index (χ3n) is 1.99. The van der Waals surface area contributed by atoms with E-state index in [-0.39, 0.29) is 31.6 Å². The smallest absolute Gasteiger partial charge is 0.307 e.